The van der Waals surface area contributed by atoms with E-state index in [4.69, 9.17) is 0 Å². The first kappa shape index (κ1) is 14.5. The van der Waals surface area contributed by atoms with Crippen LogP contribution in [0.25, 0.3) is 0 Å². The Balaban J connectivity index is 3.08. The largest absolute Gasteiger partial charge is 0.461 e. The molecule has 1 aromatic rings. The molecule has 1 atom stereocenters. The van der Waals surface area contributed by atoms with E-state index in [1.165, 1.54) is 19.9 Å². The molecule has 0 radical (unpaired) electrons. The lowest BCUT2D eigenvalue weighted by atomic mass is 9.98. The molecule has 0 fully saturated rings. The monoisotopic (exact) mass is 260 g/mol. The fourth-order valence-electron chi connectivity index (χ4n) is 1.56. The van der Waals surface area contributed by atoms with Gasteiger partial charge in [-0.3, -0.25) is 0 Å². The Morgan fingerprint density at radius 3 is 2.56 bits per heavy atom. The van der Waals surface area contributed by atoms with Gasteiger partial charge in [0.15, 0.2) is 6.17 Å². The number of aryl methyl sites for hydroxylation is 2. The molecule has 0 saturated heterocycles. The molecule has 100 valence electrons. The minimum Gasteiger partial charge on any atom is -0.461 e. The van der Waals surface area contributed by atoms with Crippen LogP contribution in [0.2, 0.25) is 0 Å². The van der Waals surface area contributed by atoms with Crippen LogP contribution in [0, 0.1) is 13.8 Å². The molecule has 0 amide bonds. The van der Waals surface area contributed by atoms with Gasteiger partial charge in [-0.1, -0.05) is 23.8 Å². The maximum absolute atomic E-state index is 13.9. The number of alkyl halides is 3. The molecule has 0 aliphatic heterocycles. The number of hydrogen-bond acceptors (Lipinski definition) is 2. The van der Waals surface area contributed by atoms with Gasteiger partial charge >= 0.3 is 11.9 Å². The summed E-state index contributed by atoms with van der Waals surface area (Å²) in [4.78, 5) is 11.1. The predicted molar refractivity (Wildman–Crippen MR) is 61.3 cm³/mol. The van der Waals surface area contributed by atoms with Gasteiger partial charge in [0.2, 0.25) is 0 Å². The van der Waals surface area contributed by atoms with E-state index in [0.29, 0.717) is 11.1 Å². The third kappa shape index (κ3) is 2.83. The highest BCUT2D eigenvalue weighted by Gasteiger charge is 2.50. The van der Waals surface area contributed by atoms with Crippen molar-refractivity contribution >= 4 is 5.97 Å². The predicted octanol–water partition coefficient (Wildman–Crippen LogP) is 3.51. The SMILES string of the molecule is CCOC(=O)C(F)(F)C(F)c1cc(C)ccc1C. The first-order chi connectivity index (χ1) is 8.30. The number of halogens is 3. The van der Waals surface area contributed by atoms with Crippen LogP contribution in [-0.2, 0) is 9.53 Å². The number of esters is 1. The van der Waals surface area contributed by atoms with Gasteiger partial charge in [0.1, 0.15) is 0 Å². The summed E-state index contributed by atoms with van der Waals surface area (Å²) in [5.74, 6) is -6.01. The second kappa shape index (κ2) is 5.42. The van der Waals surface area contributed by atoms with Gasteiger partial charge in [-0.2, -0.15) is 8.78 Å². The summed E-state index contributed by atoms with van der Waals surface area (Å²) < 4.78 is 45.2. The van der Waals surface area contributed by atoms with Crippen molar-refractivity contribution < 1.29 is 22.7 Å². The Labute approximate surface area is 104 Å². The smallest absolute Gasteiger partial charge is 0.380 e. The molecule has 0 saturated carbocycles. The number of ether oxygens (including phenoxy) is 1. The molecule has 1 unspecified atom stereocenters. The van der Waals surface area contributed by atoms with Crippen molar-refractivity contribution in [3.05, 3.63) is 34.9 Å². The fourth-order valence-corrected chi connectivity index (χ4v) is 1.56. The highest BCUT2D eigenvalue weighted by Crippen LogP contribution is 2.37. The van der Waals surface area contributed by atoms with E-state index in [1.807, 2.05) is 0 Å². The first-order valence-electron chi connectivity index (χ1n) is 5.57. The van der Waals surface area contributed by atoms with Crippen molar-refractivity contribution in [2.24, 2.45) is 0 Å². The third-order valence-electron chi connectivity index (χ3n) is 2.57. The van der Waals surface area contributed by atoms with E-state index in [1.54, 1.807) is 19.1 Å². The Morgan fingerprint density at radius 2 is 2.00 bits per heavy atom. The van der Waals surface area contributed by atoms with Gasteiger partial charge < -0.3 is 4.74 Å². The van der Waals surface area contributed by atoms with Crippen molar-refractivity contribution in [3.63, 3.8) is 0 Å². The van der Waals surface area contributed by atoms with Gasteiger partial charge in [0.05, 0.1) is 6.61 Å². The fraction of sp³-hybridized carbons (Fsp3) is 0.462. The van der Waals surface area contributed by atoms with E-state index >= 15 is 0 Å². The van der Waals surface area contributed by atoms with Gasteiger partial charge in [-0.15, -0.1) is 0 Å². The zero-order valence-corrected chi connectivity index (χ0v) is 10.5. The van der Waals surface area contributed by atoms with Crippen LogP contribution < -0.4 is 0 Å². The molecule has 1 rings (SSSR count). The van der Waals surface area contributed by atoms with Crippen LogP contribution in [0.1, 0.15) is 29.8 Å². The number of carbonyl (C=O) groups is 1. The van der Waals surface area contributed by atoms with Crippen LogP contribution >= 0.6 is 0 Å². The molecule has 18 heavy (non-hydrogen) atoms. The second-order valence-corrected chi connectivity index (χ2v) is 4.07. The molecule has 0 N–H and O–H groups in total. The summed E-state index contributed by atoms with van der Waals surface area (Å²) in [6.45, 7) is 4.35. The van der Waals surface area contributed by atoms with E-state index in [0.717, 1.165) is 0 Å². The lowest BCUT2D eigenvalue weighted by Crippen LogP contribution is -2.35. The molecule has 1 aromatic carbocycles. The van der Waals surface area contributed by atoms with E-state index in [2.05, 4.69) is 4.74 Å². The van der Waals surface area contributed by atoms with Crippen LogP contribution in [-0.4, -0.2) is 18.5 Å². The summed E-state index contributed by atoms with van der Waals surface area (Å²) in [5.41, 5.74) is 0.836. The van der Waals surface area contributed by atoms with Crippen LogP contribution in [0.3, 0.4) is 0 Å². The van der Waals surface area contributed by atoms with E-state index in [-0.39, 0.29) is 12.2 Å². The van der Waals surface area contributed by atoms with Crippen LogP contribution in [0.4, 0.5) is 13.2 Å². The average Bonchev–Trinajstić information content (AvgIpc) is 2.31. The second-order valence-electron chi connectivity index (χ2n) is 4.07. The Kier molecular flexibility index (Phi) is 4.38. The minimum absolute atomic E-state index is 0.187. The van der Waals surface area contributed by atoms with Gasteiger partial charge in [-0.25, -0.2) is 9.18 Å². The molecule has 0 aliphatic rings. The third-order valence-corrected chi connectivity index (χ3v) is 2.57. The van der Waals surface area contributed by atoms with Gasteiger partial charge in [0, 0.05) is 0 Å². The van der Waals surface area contributed by atoms with Crippen LogP contribution in [0.5, 0.6) is 0 Å². The molecular weight excluding hydrogens is 245 g/mol. The minimum atomic E-state index is -4.17. The lowest BCUT2D eigenvalue weighted by Gasteiger charge is -2.20. The molecule has 0 aromatic heterocycles. The topological polar surface area (TPSA) is 26.3 Å². The van der Waals surface area contributed by atoms with Crippen molar-refractivity contribution in [2.45, 2.75) is 32.9 Å². The molecule has 2 nitrogen and oxygen atoms in total. The maximum Gasteiger partial charge on any atom is 0.380 e. The zero-order chi connectivity index (χ0) is 13.9. The Morgan fingerprint density at radius 1 is 1.39 bits per heavy atom. The first-order valence-corrected chi connectivity index (χ1v) is 5.57. The quantitative estimate of drug-likeness (QED) is 0.774. The molecule has 0 aliphatic carbocycles. The summed E-state index contributed by atoms with van der Waals surface area (Å²) in [6.07, 6.45) is -2.70. The normalized spacial score (nSPS) is 13.2. The molecular formula is C13H15F3O2. The number of benzene rings is 1. The summed E-state index contributed by atoms with van der Waals surface area (Å²) in [7, 11) is 0. The summed E-state index contributed by atoms with van der Waals surface area (Å²) >= 11 is 0. The number of rotatable bonds is 4. The van der Waals surface area contributed by atoms with Crippen molar-refractivity contribution in [1.82, 2.24) is 0 Å². The summed E-state index contributed by atoms with van der Waals surface area (Å²) in [5, 5.41) is 0. The van der Waals surface area contributed by atoms with Gasteiger partial charge in [0.25, 0.3) is 0 Å². The number of hydrogen-bond donors (Lipinski definition) is 0. The molecule has 0 spiro atoms. The highest BCUT2D eigenvalue weighted by molar-refractivity contribution is 5.78. The molecule has 0 bridgehead atoms. The molecule has 5 heteroatoms. The van der Waals surface area contributed by atoms with Crippen molar-refractivity contribution in [2.75, 3.05) is 6.61 Å². The van der Waals surface area contributed by atoms with Gasteiger partial charge in [-0.05, 0) is 31.9 Å². The highest BCUT2D eigenvalue weighted by atomic mass is 19.3. The maximum atomic E-state index is 13.9. The van der Waals surface area contributed by atoms with E-state index in [9.17, 15) is 18.0 Å². The lowest BCUT2D eigenvalue weighted by molar-refractivity contribution is -0.182. The van der Waals surface area contributed by atoms with Crippen molar-refractivity contribution in [3.8, 4) is 0 Å². The Hall–Kier alpha value is -1.52. The van der Waals surface area contributed by atoms with Crippen LogP contribution in [0.15, 0.2) is 18.2 Å². The summed E-state index contributed by atoms with van der Waals surface area (Å²) in [6, 6.07) is 4.54. The zero-order valence-electron chi connectivity index (χ0n) is 10.5. The van der Waals surface area contributed by atoms with Crippen molar-refractivity contribution in [1.29, 1.82) is 0 Å². The molecule has 0 heterocycles. The Bertz CT molecular complexity index is 444. The number of carbonyl (C=O) groups excluding carboxylic acids is 1. The standard InChI is InChI=1S/C13H15F3O2/c1-4-18-12(17)13(15,16)11(14)10-7-8(2)5-6-9(10)3/h5-7,11H,4H2,1-3H3. The van der Waals surface area contributed by atoms with E-state index < -0.39 is 18.1 Å². The average molecular weight is 260 g/mol.